The summed E-state index contributed by atoms with van der Waals surface area (Å²) in [6.07, 6.45) is 3.89. The second-order valence-electron chi connectivity index (χ2n) is 6.14. The van der Waals surface area contributed by atoms with Crippen molar-refractivity contribution >= 4 is 34.7 Å². The standard InChI is InChI=1S/C18H21NO4S/c1-11(20)13-7-8-15(16(9-13)12(2)21)18(24)19(10-17(22)23)14-5-3-4-6-14/h7-9,14H,3-6,10H2,1-2H3,(H,22,23). The molecule has 0 saturated heterocycles. The van der Waals surface area contributed by atoms with E-state index in [9.17, 15) is 19.5 Å². The molecular weight excluding hydrogens is 326 g/mol. The van der Waals surface area contributed by atoms with Gasteiger partial charge in [-0.15, -0.1) is 0 Å². The molecule has 0 atom stereocenters. The van der Waals surface area contributed by atoms with Gasteiger partial charge < -0.3 is 10.0 Å². The van der Waals surface area contributed by atoms with Crippen molar-refractivity contribution in [1.82, 2.24) is 4.90 Å². The third-order valence-corrected chi connectivity index (χ3v) is 4.82. The molecule has 0 unspecified atom stereocenters. The summed E-state index contributed by atoms with van der Waals surface area (Å²) in [5.41, 5.74) is 1.33. The topological polar surface area (TPSA) is 74.7 Å². The highest BCUT2D eigenvalue weighted by atomic mass is 32.1. The van der Waals surface area contributed by atoms with Crippen molar-refractivity contribution in [2.75, 3.05) is 6.54 Å². The van der Waals surface area contributed by atoms with Crippen LogP contribution in [0.3, 0.4) is 0 Å². The molecule has 0 heterocycles. The molecule has 0 amide bonds. The van der Waals surface area contributed by atoms with E-state index in [1.807, 2.05) is 0 Å². The summed E-state index contributed by atoms with van der Waals surface area (Å²) in [6, 6.07) is 4.91. The molecule has 0 aliphatic heterocycles. The molecule has 1 N–H and O–H groups in total. The Hall–Kier alpha value is -2.08. The summed E-state index contributed by atoms with van der Waals surface area (Å²) in [5, 5.41) is 9.22. The number of carboxylic acids is 1. The van der Waals surface area contributed by atoms with Gasteiger partial charge >= 0.3 is 5.97 Å². The molecule has 1 aliphatic rings. The molecule has 0 bridgehead atoms. The summed E-state index contributed by atoms with van der Waals surface area (Å²) in [4.78, 5) is 36.9. The lowest BCUT2D eigenvalue weighted by molar-refractivity contribution is -0.137. The van der Waals surface area contributed by atoms with Crippen LogP contribution in [0.2, 0.25) is 0 Å². The van der Waals surface area contributed by atoms with Crippen LogP contribution >= 0.6 is 12.2 Å². The molecule has 24 heavy (non-hydrogen) atoms. The highest BCUT2D eigenvalue weighted by Gasteiger charge is 2.28. The van der Waals surface area contributed by atoms with Gasteiger partial charge in [0.05, 0.1) is 0 Å². The predicted molar refractivity (Wildman–Crippen MR) is 94.7 cm³/mol. The number of Topliss-reactive ketones (excluding diaryl/α,β-unsaturated/α-hetero) is 2. The first kappa shape index (κ1) is 18.3. The Balaban J connectivity index is 2.42. The maximum absolute atomic E-state index is 12.0. The molecule has 1 fully saturated rings. The number of nitrogens with zero attached hydrogens (tertiary/aromatic N) is 1. The molecule has 1 aromatic carbocycles. The number of thiocarbonyl (C=S) groups is 1. The summed E-state index contributed by atoms with van der Waals surface area (Å²) < 4.78 is 0. The Kier molecular flexibility index (Phi) is 5.83. The number of benzene rings is 1. The molecule has 0 aromatic heterocycles. The largest absolute Gasteiger partial charge is 0.480 e. The van der Waals surface area contributed by atoms with Crippen LogP contribution in [0.5, 0.6) is 0 Å². The molecule has 6 heteroatoms. The number of ketones is 2. The van der Waals surface area contributed by atoms with Gasteiger partial charge in [-0.1, -0.05) is 37.2 Å². The second kappa shape index (κ2) is 7.66. The number of carbonyl (C=O) groups is 3. The first-order chi connectivity index (χ1) is 11.3. The highest BCUT2D eigenvalue weighted by Crippen LogP contribution is 2.26. The van der Waals surface area contributed by atoms with E-state index in [1.165, 1.54) is 13.8 Å². The van der Waals surface area contributed by atoms with Crippen LogP contribution in [0.1, 0.15) is 65.8 Å². The van der Waals surface area contributed by atoms with Crippen molar-refractivity contribution < 1.29 is 19.5 Å². The third kappa shape index (κ3) is 4.06. The minimum Gasteiger partial charge on any atom is -0.480 e. The fourth-order valence-corrected chi connectivity index (χ4v) is 3.52. The molecule has 1 aromatic rings. The molecule has 1 saturated carbocycles. The zero-order valence-corrected chi connectivity index (χ0v) is 14.7. The third-order valence-electron chi connectivity index (χ3n) is 4.37. The van der Waals surface area contributed by atoms with Crippen LogP contribution < -0.4 is 0 Å². The van der Waals surface area contributed by atoms with Gasteiger partial charge in [0.1, 0.15) is 11.5 Å². The van der Waals surface area contributed by atoms with Gasteiger partial charge in [0.2, 0.25) is 0 Å². The fourth-order valence-electron chi connectivity index (χ4n) is 3.12. The SMILES string of the molecule is CC(=O)c1ccc(C(=S)N(CC(=O)O)C2CCCC2)c(C(C)=O)c1. The number of rotatable bonds is 6. The van der Waals surface area contributed by atoms with Crippen molar-refractivity contribution in [2.45, 2.75) is 45.6 Å². The average Bonchev–Trinajstić information content (AvgIpc) is 3.05. The van der Waals surface area contributed by atoms with Crippen LogP contribution in [0.4, 0.5) is 0 Å². The maximum Gasteiger partial charge on any atom is 0.323 e. The quantitative estimate of drug-likeness (QED) is 0.629. The number of hydrogen-bond donors (Lipinski definition) is 1. The second-order valence-corrected chi connectivity index (χ2v) is 6.52. The Bertz CT molecular complexity index is 692. The lowest BCUT2D eigenvalue weighted by Gasteiger charge is -2.30. The molecule has 2 rings (SSSR count). The van der Waals surface area contributed by atoms with Gasteiger partial charge in [0, 0.05) is 22.7 Å². The van der Waals surface area contributed by atoms with Crippen LogP contribution in [0, 0.1) is 0 Å². The first-order valence-electron chi connectivity index (χ1n) is 8.00. The Morgan fingerprint density at radius 3 is 2.25 bits per heavy atom. The number of carboxylic acid groups (broad SMARTS) is 1. The van der Waals surface area contributed by atoms with Crippen molar-refractivity contribution in [3.05, 3.63) is 34.9 Å². The molecule has 0 spiro atoms. The van der Waals surface area contributed by atoms with Gasteiger partial charge in [-0.05, 0) is 32.8 Å². The minimum atomic E-state index is -0.950. The van der Waals surface area contributed by atoms with Crippen molar-refractivity contribution in [3.8, 4) is 0 Å². The fraction of sp³-hybridized carbons (Fsp3) is 0.444. The first-order valence-corrected chi connectivity index (χ1v) is 8.40. The van der Waals surface area contributed by atoms with E-state index in [-0.39, 0.29) is 24.2 Å². The van der Waals surface area contributed by atoms with Gasteiger partial charge in [-0.3, -0.25) is 14.4 Å². The Morgan fingerprint density at radius 1 is 1.12 bits per heavy atom. The van der Waals surface area contributed by atoms with E-state index in [4.69, 9.17) is 12.2 Å². The van der Waals surface area contributed by atoms with Crippen molar-refractivity contribution in [2.24, 2.45) is 0 Å². The van der Waals surface area contributed by atoms with Gasteiger partial charge in [-0.2, -0.15) is 0 Å². The minimum absolute atomic E-state index is 0.0842. The van der Waals surface area contributed by atoms with Crippen LogP contribution in [0.25, 0.3) is 0 Å². The smallest absolute Gasteiger partial charge is 0.323 e. The molecular formula is C18H21NO4S. The van der Waals surface area contributed by atoms with E-state index in [0.717, 1.165) is 25.7 Å². The van der Waals surface area contributed by atoms with Crippen molar-refractivity contribution in [3.63, 3.8) is 0 Å². The number of aliphatic carboxylic acids is 1. The summed E-state index contributed by atoms with van der Waals surface area (Å²) in [7, 11) is 0. The van der Waals surface area contributed by atoms with Gasteiger partial charge in [-0.25, -0.2) is 0 Å². The maximum atomic E-state index is 12.0. The monoisotopic (exact) mass is 347 g/mol. The van der Waals surface area contributed by atoms with Gasteiger partial charge in [0.15, 0.2) is 11.6 Å². The number of carbonyl (C=O) groups excluding carboxylic acids is 2. The normalized spacial score (nSPS) is 14.4. The molecule has 5 nitrogen and oxygen atoms in total. The van der Waals surface area contributed by atoms with Gasteiger partial charge in [0.25, 0.3) is 0 Å². The number of hydrogen-bond acceptors (Lipinski definition) is 4. The summed E-state index contributed by atoms with van der Waals surface area (Å²) in [5.74, 6) is -1.28. The van der Waals surface area contributed by atoms with E-state index in [2.05, 4.69) is 0 Å². The van der Waals surface area contributed by atoms with Crippen LogP contribution in [-0.4, -0.2) is 45.1 Å². The van der Waals surface area contributed by atoms with E-state index in [1.54, 1.807) is 23.1 Å². The zero-order valence-electron chi connectivity index (χ0n) is 13.9. The van der Waals surface area contributed by atoms with E-state index in [0.29, 0.717) is 21.7 Å². The summed E-state index contributed by atoms with van der Waals surface area (Å²) in [6.45, 7) is 2.67. The Morgan fingerprint density at radius 2 is 1.75 bits per heavy atom. The lowest BCUT2D eigenvalue weighted by Crippen LogP contribution is -2.42. The zero-order chi connectivity index (χ0) is 17.9. The summed E-state index contributed by atoms with van der Waals surface area (Å²) >= 11 is 5.54. The van der Waals surface area contributed by atoms with E-state index < -0.39 is 5.97 Å². The Labute approximate surface area is 146 Å². The average molecular weight is 347 g/mol. The predicted octanol–water partition coefficient (Wildman–Crippen LogP) is 3.10. The molecule has 128 valence electrons. The molecule has 0 radical (unpaired) electrons. The van der Waals surface area contributed by atoms with Crippen LogP contribution in [0.15, 0.2) is 18.2 Å². The van der Waals surface area contributed by atoms with E-state index >= 15 is 0 Å². The molecule has 1 aliphatic carbocycles. The highest BCUT2D eigenvalue weighted by molar-refractivity contribution is 7.80. The van der Waals surface area contributed by atoms with Crippen LogP contribution in [-0.2, 0) is 4.79 Å². The van der Waals surface area contributed by atoms with Crippen molar-refractivity contribution in [1.29, 1.82) is 0 Å². The lowest BCUT2D eigenvalue weighted by atomic mass is 9.98.